The van der Waals surface area contributed by atoms with Crippen LogP contribution < -0.4 is 16.0 Å². The van der Waals surface area contributed by atoms with Gasteiger partial charge in [0.25, 0.3) is 0 Å². The van der Waals surface area contributed by atoms with Gasteiger partial charge in [0.15, 0.2) is 0 Å². The molecule has 0 unspecified atom stereocenters. The third kappa shape index (κ3) is 5.09. The third-order valence-corrected chi connectivity index (χ3v) is 3.02. The molecule has 0 saturated carbocycles. The molecule has 0 aliphatic heterocycles. The Morgan fingerprint density at radius 2 is 2.16 bits per heavy atom. The van der Waals surface area contributed by atoms with Crippen molar-refractivity contribution in [2.75, 3.05) is 25.0 Å². The van der Waals surface area contributed by atoms with Crippen LogP contribution in [0.5, 0.6) is 0 Å². The summed E-state index contributed by atoms with van der Waals surface area (Å²) in [6.45, 7) is 6.12. The Labute approximate surface area is 119 Å². The van der Waals surface area contributed by atoms with Crippen molar-refractivity contribution >= 4 is 23.2 Å². The van der Waals surface area contributed by atoms with Crippen LogP contribution in [0.25, 0.3) is 0 Å². The van der Waals surface area contributed by atoms with Crippen molar-refractivity contribution in [1.82, 2.24) is 5.32 Å². The molecule has 0 aromatic heterocycles. The Balaban J connectivity index is 2.85. The molecule has 3 N–H and O–H groups in total. The number of rotatable bonds is 7. The highest BCUT2D eigenvalue weighted by molar-refractivity contribution is 6.33. The van der Waals surface area contributed by atoms with Gasteiger partial charge >= 0.3 is 0 Å². The molecule has 5 heteroatoms. The molecule has 1 amide bonds. The summed E-state index contributed by atoms with van der Waals surface area (Å²) in [6.07, 6.45) is 0. The van der Waals surface area contributed by atoms with E-state index in [9.17, 15) is 4.79 Å². The molecule has 1 aromatic carbocycles. The zero-order valence-electron chi connectivity index (χ0n) is 11.7. The van der Waals surface area contributed by atoms with E-state index in [-0.39, 0.29) is 12.5 Å². The predicted molar refractivity (Wildman–Crippen MR) is 80.5 cm³/mol. The van der Waals surface area contributed by atoms with Gasteiger partial charge in [-0.15, -0.1) is 0 Å². The molecule has 4 nitrogen and oxygen atoms in total. The largest absolute Gasteiger partial charge is 0.368 e. The summed E-state index contributed by atoms with van der Waals surface area (Å²) in [7, 11) is 1.82. The summed E-state index contributed by atoms with van der Waals surface area (Å²) in [5.41, 5.74) is 7.16. The molecule has 0 aliphatic carbocycles. The van der Waals surface area contributed by atoms with E-state index in [0.717, 1.165) is 24.3 Å². The molecule has 0 saturated heterocycles. The van der Waals surface area contributed by atoms with Crippen molar-refractivity contribution in [2.24, 2.45) is 11.7 Å². The van der Waals surface area contributed by atoms with E-state index in [4.69, 9.17) is 17.3 Å². The van der Waals surface area contributed by atoms with Gasteiger partial charge < -0.3 is 16.0 Å². The maximum Gasteiger partial charge on any atom is 0.236 e. The molecule has 0 atom stereocenters. The quantitative estimate of drug-likeness (QED) is 0.805. The van der Waals surface area contributed by atoms with E-state index < -0.39 is 0 Å². The van der Waals surface area contributed by atoms with E-state index in [1.165, 1.54) is 0 Å². The Bertz CT molecular complexity index is 435. The highest BCUT2D eigenvalue weighted by Crippen LogP contribution is 2.29. The number of carbonyl (C=O) groups excluding carboxylic acids is 1. The fourth-order valence-corrected chi connectivity index (χ4v) is 2.28. The summed E-state index contributed by atoms with van der Waals surface area (Å²) >= 11 is 6.23. The van der Waals surface area contributed by atoms with Gasteiger partial charge in [-0.05, 0) is 24.1 Å². The molecule has 0 radical (unpaired) electrons. The lowest BCUT2D eigenvalue weighted by atomic mass is 10.1. The number of halogens is 1. The average molecular weight is 284 g/mol. The number of benzene rings is 1. The summed E-state index contributed by atoms with van der Waals surface area (Å²) in [5.74, 6) is 0.217. The van der Waals surface area contributed by atoms with Crippen molar-refractivity contribution in [3.05, 3.63) is 28.8 Å². The number of nitrogens with one attached hydrogen (secondary N) is 1. The Kier molecular flexibility index (Phi) is 6.12. The van der Waals surface area contributed by atoms with Crippen LogP contribution in [0.2, 0.25) is 5.02 Å². The lowest BCUT2D eigenvalue weighted by Gasteiger charge is -2.22. The van der Waals surface area contributed by atoms with Crippen molar-refractivity contribution in [3.63, 3.8) is 0 Å². The van der Waals surface area contributed by atoms with Crippen molar-refractivity contribution in [3.8, 4) is 0 Å². The SMILES string of the molecule is CC(C)CNCc1cccc(Cl)c1N(C)CC(N)=O. The number of amides is 1. The minimum atomic E-state index is -0.372. The molecular weight excluding hydrogens is 262 g/mol. The first-order valence-electron chi connectivity index (χ1n) is 6.39. The fourth-order valence-electron chi connectivity index (χ4n) is 1.94. The normalized spacial score (nSPS) is 10.8. The van der Waals surface area contributed by atoms with Crippen molar-refractivity contribution in [1.29, 1.82) is 0 Å². The van der Waals surface area contributed by atoms with Crippen LogP contribution >= 0.6 is 11.6 Å². The van der Waals surface area contributed by atoms with Crippen LogP contribution in [-0.4, -0.2) is 26.0 Å². The Morgan fingerprint density at radius 3 is 2.74 bits per heavy atom. The molecule has 0 spiro atoms. The topological polar surface area (TPSA) is 58.4 Å². The van der Waals surface area contributed by atoms with Crippen LogP contribution in [0.15, 0.2) is 18.2 Å². The summed E-state index contributed by atoms with van der Waals surface area (Å²) in [4.78, 5) is 12.8. The lowest BCUT2D eigenvalue weighted by molar-refractivity contribution is -0.116. The van der Waals surface area contributed by atoms with Gasteiger partial charge in [0.2, 0.25) is 5.91 Å². The predicted octanol–water partition coefficient (Wildman–Crippen LogP) is 2.01. The molecular formula is C14H22ClN3O. The number of nitrogens with two attached hydrogens (primary N) is 1. The van der Waals surface area contributed by atoms with Crippen molar-refractivity contribution in [2.45, 2.75) is 20.4 Å². The number of hydrogen-bond donors (Lipinski definition) is 2. The molecule has 0 aliphatic rings. The number of carbonyl (C=O) groups is 1. The van der Waals surface area contributed by atoms with E-state index in [1.807, 2.05) is 25.2 Å². The maximum atomic E-state index is 11.0. The smallest absolute Gasteiger partial charge is 0.236 e. The average Bonchev–Trinajstić information content (AvgIpc) is 2.27. The number of hydrogen-bond acceptors (Lipinski definition) is 3. The number of anilines is 1. The van der Waals surface area contributed by atoms with E-state index in [1.54, 1.807) is 4.90 Å². The van der Waals surface area contributed by atoms with Gasteiger partial charge in [0.05, 0.1) is 17.3 Å². The maximum absolute atomic E-state index is 11.0. The van der Waals surface area contributed by atoms with Gasteiger partial charge in [-0.3, -0.25) is 4.79 Å². The zero-order valence-corrected chi connectivity index (χ0v) is 12.5. The second-order valence-electron chi connectivity index (χ2n) is 5.09. The highest BCUT2D eigenvalue weighted by atomic mass is 35.5. The first kappa shape index (κ1) is 15.8. The Hall–Kier alpha value is -1.26. The number of para-hydroxylation sites is 1. The number of primary amides is 1. The number of nitrogens with zero attached hydrogens (tertiary/aromatic N) is 1. The van der Waals surface area contributed by atoms with E-state index >= 15 is 0 Å². The monoisotopic (exact) mass is 283 g/mol. The summed E-state index contributed by atoms with van der Waals surface area (Å²) in [5, 5.41) is 4.01. The molecule has 0 bridgehead atoms. The fraction of sp³-hybridized carbons (Fsp3) is 0.500. The van der Waals surface area contributed by atoms with E-state index in [2.05, 4.69) is 19.2 Å². The van der Waals surface area contributed by atoms with Crippen LogP contribution in [0.1, 0.15) is 19.4 Å². The van der Waals surface area contributed by atoms with Crippen LogP contribution in [0.4, 0.5) is 5.69 Å². The summed E-state index contributed by atoms with van der Waals surface area (Å²) < 4.78 is 0. The van der Waals surface area contributed by atoms with Gasteiger partial charge in [-0.1, -0.05) is 37.6 Å². The molecule has 106 valence electrons. The summed E-state index contributed by atoms with van der Waals surface area (Å²) in [6, 6.07) is 5.74. The molecule has 0 fully saturated rings. The molecule has 19 heavy (non-hydrogen) atoms. The van der Waals surface area contributed by atoms with Crippen LogP contribution in [0, 0.1) is 5.92 Å². The standard InChI is InChI=1S/C14H22ClN3O/c1-10(2)7-17-8-11-5-4-6-12(15)14(11)18(3)9-13(16)19/h4-6,10,17H,7-9H2,1-3H3,(H2,16,19). The lowest BCUT2D eigenvalue weighted by Crippen LogP contribution is -2.32. The first-order chi connectivity index (χ1) is 8.91. The minimum absolute atomic E-state index is 0.154. The van der Waals surface area contributed by atoms with Gasteiger partial charge in [0.1, 0.15) is 0 Å². The minimum Gasteiger partial charge on any atom is -0.368 e. The van der Waals surface area contributed by atoms with Gasteiger partial charge in [-0.2, -0.15) is 0 Å². The van der Waals surface area contributed by atoms with Gasteiger partial charge in [0, 0.05) is 13.6 Å². The second kappa shape index (κ2) is 7.36. The van der Waals surface area contributed by atoms with Crippen molar-refractivity contribution < 1.29 is 4.79 Å². The van der Waals surface area contributed by atoms with E-state index in [0.29, 0.717) is 10.9 Å². The third-order valence-electron chi connectivity index (χ3n) is 2.71. The number of likely N-dealkylation sites (N-methyl/N-ethyl adjacent to an activating group) is 1. The second-order valence-corrected chi connectivity index (χ2v) is 5.50. The first-order valence-corrected chi connectivity index (χ1v) is 6.77. The Morgan fingerprint density at radius 1 is 1.47 bits per heavy atom. The highest BCUT2D eigenvalue weighted by Gasteiger charge is 2.13. The molecule has 1 aromatic rings. The van der Waals surface area contributed by atoms with Gasteiger partial charge in [-0.25, -0.2) is 0 Å². The van der Waals surface area contributed by atoms with Crippen LogP contribution in [-0.2, 0) is 11.3 Å². The molecule has 0 heterocycles. The molecule has 1 rings (SSSR count). The zero-order chi connectivity index (χ0) is 14.4. The van der Waals surface area contributed by atoms with Crippen LogP contribution in [0.3, 0.4) is 0 Å².